The number of non-ortho nitro benzene ring substituents is 1. The van der Waals surface area contributed by atoms with Crippen molar-refractivity contribution in [3.63, 3.8) is 0 Å². The maximum absolute atomic E-state index is 12.5. The van der Waals surface area contributed by atoms with Gasteiger partial charge in [0.25, 0.3) is 11.2 Å². The minimum absolute atomic E-state index is 0.0145. The zero-order valence-electron chi connectivity index (χ0n) is 15.9. The van der Waals surface area contributed by atoms with Gasteiger partial charge in [0.1, 0.15) is 11.6 Å². The Morgan fingerprint density at radius 3 is 2.72 bits per heavy atom. The van der Waals surface area contributed by atoms with Crippen molar-refractivity contribution in [2.75, 3.05) is 6.54 Å². The molecule has 8 heteroatoms. The second-order valence-corrected chi connectivity index (χ2v) is 7.24. The molecule has 3 aromatic rings. The van der Waals surface area contributed by atoms with Gasteiger partial charge in [0, 0.05) is 48.5 Å². The van der Waals surface area contributed by atoms with Crippen LogP contribution >= 0.6 is 0 Å². The Bertz CT molecular complexity index is 1140. The summed E-state index contributed by atoms with van der Waals surface area (Å²) in [6, 6.07) is 11.8. The molecule has 0 saturated carbocycles. The predicted octanol–water partition coefficient (Wildman–Crippen LogP) is 2.92. The average molecular weight is 392 g/mol. The van der Waals surface area contributed by atoms with E-state index < -0.39 is 4.92 Å². The van der Waals surface area contributed by atoms with Gasteiger partial charge in [-0.05, 0) is 19.4 Å². The summed E-state index contributed by atoms with van der Waals surface area (Å²) in [7, 11) is 0. The Balaban J connectivity index is 1.61. The molecule has 0 aliphatic carbocycles. The molecule has 0 unspecified atom stereocenters. The molecule has 0 radical (unpaired) electrons. The summed E-state index contributed by atoms with van der Waals surface area (Å²) in [6.07, 6.45) is 0.529. The molecule has 0 fully saturated rings. The van der Waals surface area contributed by atoms with E-state index in [-0.39, 0.29) is 17.0 Å². The number of nitrogens with one attached hydrogen (secondary N) is 1. The first-order valence-electron chi connectivity index (χ1n) is 9.28. The lowest BCUT2D eigenvalue weighted by molar-refractivity contribution is -0.385. The second-order valence-electron chi connectivity index (χ2n) is 7.24. The molecule has 0 spiro atoms. The Morgan fingerprint density at radius 2 is 2.00 bits per heavy atom. The van der Waals surface area contributed by atoms with E-state index in [2.05, 4.69) is 9.97 Å². The normalized spacial score (nSPS) is 13.8. The van der Waals surface area contributed by atoms with Gasteiger partial charge < -0.3 is 10.1 Å². The lowest BCUT2D eigenvalue weighted by Gasteiger charge is -2.27. The van der Waals surface area contributed by atoms with Crippen LogP contribution in [0.25, 0.3) is 11.4 Å². The topological polar surface area (TPSA) is 112 Å². The molecular formula is C21H20N4O4. The van der Waals surface area contributed by atoms with E-state index in [0.717, 1.165) is 11.1 Å². The number of aromatic amines is 1. The Labute approximate surface area is 166 Å². The maximum atomic E-state index is 12.5. The molecular weight excluding hydrogens is 372 g/mol. The van der Waals surface area contributed by atoms with Crippen LogP contribution < -0.4 is 5.56 Å². The van der Waals surface area contributed by atoms with Crippen molar-refractivity contribution >= 4 is 5.69 Å². The van der Waals surface area contributed by atoms with Gasteiger partial charge in [0.05, 0.1) is 10.6 Å². The highest BCUT2D eigenvalue weighted by Gasteiger charge is 2.23. The zero-order chi connectivity index (χ0) is 20.5. The summed E-state index contributed by atoms with van der Waals surface area (Å²) >= 11 is 0. The van der Waals surface area contributed by atoms with Gasteiger partial charge in [-0.3, -0.25) is 19.8 Å². The summed E-state index contributed by atoms with van der Waals surface area (Å²) < 4.78 is 0. The highest BCUT2D eigenvalue weighted by molar-refractivity contribution is 5.55. The van der Waals surface area contributed by atoms with E-state index in [1.54, 1.807) is 0 Å². The standard InChI is InChI=1S/C21H20N4O4/c1-13-2-4-14(5-3-13)20-22-18-12-24(9-8-17(18)21(27)23-20)11-15-10-16(25(28)29)6-7-19(15)26/h2-7,10,26H,8-9,11-12H2,1H3,(H,22,23,27). The van der Waals surface area contributed by atoms with E-state index in [0.29, 0.717) is 48.7 Å². The van der Waals surface area contributed by atoms with Crippen molar-refractivity contribution in [2.45, 2.75) is 26.4 Å². The summed E-state index contributed by atoms with van der Waals surface area (Å²) in [6.45, 7) is 3.36. The second kappa shape index (κ2) is 7.48. The van der Waals surface area contributed by atoms with Crippen molar-refractivity contribution in [1.29, 1.82) is 0 Å². The molecule has 0 saturated heterocycles. The van der Waals surface area contributed by atoms with E-state index in [4.69, 9.17) is 0 Å². The molecule has 4 rings (SSSR count). The lowest BCUT2D eigenvalue weighted by Crippen LogP contribution is -2.35. The number of aryl methyl sites for hydroxylation is 1. The third-order valence-electron chi connectivity index (χ3n) is 5.15. The number of rotatable bonds is 4. The Morgan fingerprint density at radius 1 is 1.24 bits per heavy atom. The summed E-state index contributed by atoms with van der Waals surface area (Å²) in [5, 5.41) is 21.1. The average Bonchev–Trinajstić information content (AvgIpc) is 2.69. The first kappa shape index (κ1) is 18.8. The molecule has 8 nitrogen and oxygen atoms in total. The molecule has 0 bridgehead atoms. The van der Waals surface area contributed by atoms with Crippen LogP contribution in [0.2, 0.25) is 0 Å². The fraction of sp³-hybridized carbons (Fsp3) is 0.238. The van der Waals surface area contributed by atoms with Crippen molar-refractivity contribution in [3.8, 4) is 17.1 Å². The lowest BCUT2D eigenvalue weighted by atomic mass is 10.0. The number of fused-ring (bicyclic) bond motifs is 1. The highest BCUT2D eigenvalue weighted by atomic mass is 16.6. The van der Waals surface area contributed by atoms with Gasteiger partial charge in [-0.2, -0.15) is 0 Å². The van der Waals surface area contributed by atoms with Crippen LogP contribution in [0.3, 0.4) is 0 Å². The number of nitrogens with zero attached hydrogens (tertiary/aromatic N) is 3. The minimum atomic E-state index is -0.483. The Hall–Kier alpha value is -3.52. The SMILES string of the molecule is Cc1ccc(-c2nc3c(c(=O)[nH]2)CCN(Cc2cc([N+](=O)[O-])ccc2O)C3)cc1. The number of phenolic OH excluding ortho intramolecular Hbond substituents is 1. The third-order valence-corrected chi connectivity index (χ3v) is 5.15. The van der Waals surface area contributed by atoms with Crippen LogP contribution in [-0.4, -0.2) is 31.4 Å². The van der Waals surface area contributed by atoms with Crippen LogP contribution in [0.15, 0.2) is 47.3 Å². The molecule has 2 heterocycles. The molecule has 0 amide bonds. The number of H-pyrrole nitrogens is 1. The Kier molecular flexibility index (Phi) is 4.85. The molecule has 2 aromatic carbocycles. The number of hydrogen-bond donors (Lipinski definition) is 2. The zero-order valence-corrected chi connectivity index (χ0v) is 15.9. The van der Waals surface area contributed by atoms with Crippen molar-refractivity contribution in [1.82, 2.24) is 14.9 Å². The maximum Gasteiger partial charge on any atom is 0.270 e. The van der Waals surface area contributed by atoms with Crippen molar-refractivity contribution < 1.29 is 10.0 Å². The largest absolute Gasteiger partial charge is 0.508 e. The molecule has 0 atom stereocenters. The quantitative estimate of drug-likeness (QED) is 0.521. The van der Waals surface area contributed by atoms with Crippen LogP contribution in [0, 0.1) is 17.0 Å². The van der Waals surface area contributed by atoms with Gasteiger partial charge in [0.15, 0.2) is 0 Å². The van der Waals surface area contributed by atoms with Gasteiger partial charge in [-0.15, -0.1) is 0 Å². The summed E-state index contributed by atoms with van der Waals surface area (Å²) in [4.78, 5) is 32.6. The predicted molar refractivity (Wildman–Crippen MR) is 108 cm³/mol. The first-order chi connectivity index (χ1) is 13.9. The van der Waals surface area contributed by atoms with Crippen molar-refractivity contribution in [3.05, 3.63) is 85.3 Å². The van der Waals surface area contributed by atoms with Gasteiger partial charge in [-0.25, -0.2) is 4.98 Å². The number of nitro groups is 1. The van der Waals surface area contributed by atoms with Crippen LogP contribution in [0.4, 0.5) is 5.69 Å². The summed E-state index contributed by atoms with van der Waals surface area (Å²) in [5.74, 6) is 0.536. The highest BCUT2D eigenvalue weighted by Crippen LogP contribution is 2.26. The molecule has 148 valence electrons. The summed E-state index contributed by atoms with van der Waals surface area (Å²) in [5.41, 5.74) is 3.60. The fourth-order valence-electron chi connectivity index (χ4n) is 3.53. The monoisotopic (exact) mass is 392 g/mol. The van der Waals surface area contributed by atoms with Crippen LogP contribution in [0.5, 0.6) is 5.75 Å². The van der Waals surface area contributed by atoms with Crippen LogP contribution in [0.1, 0.15) is 22.4 Å². The molecule has 1 aliphatic rings. The minimum Gasteiger partial charge on any atom is -0.508 e. The van der Waals surface area contributed by atoms with E-state index in [1.807, 2.05) is 36.1 Å². The molecule has 1 aromatic heterocycles. The van der Waals surface area contributed by atoms with Gasteiger partial charge in [-0.1, -0.05) is 29.8 Å². The van der Waals surface area contributed by atoms with Crippen molar-refractivity contribution in [2.24, 2.45) is 0 Å². The van der Waals surface area contributed by atoms with E-state index in [9.17, 15) is 20.0 Å². The smallest absolute Gasteiger partial charge is 0.270 e. The van der Waals surface area contributed by atoms with Gasteiger partial charge in [0.2, 0.25) is 0 Å². The molecule has 1 aliphatic heterocycles. The number of benzene rings is 2. The number of phenols is 1. The van der Waals surface area contributed by atoms with Crippen LogP contribution in [-0.2, 0) is 19.5 Å². The number of aromatic nitrogens is 2. The first-order valence-corrected chi connectivity index (χ1v) is 9.28. The molecule has 29 heavy (non-hydrogen) atoms. The number of hydrogen-bond acceptors (Lipinski definition) is 6. The fourth-order valence-corrected chi connectivity index (χ4v) is 3.53. The third kappa shape index (κ3) is 3.88. The van der Waals surface area contributed by atoms with Gasteiger partial charge >= 0.3 is 0 Å². The number of nitro benzene ring substituents is 1. The van der Waals surface area contributed by atoms with E-state index >= 15 is 0 Å². The number of aromatic hydroxyl groups is 1. The molecule has 2 N–H and O–H groups in total. The van der Waals surface area contributed by atoms with E-state index in [1.165, 1.54) is 18.2 Å².